The number of nitrogens with one attached hydrogen (secondary N) is 1. The van der Waals surface area contributed by atoms with Gasteiger partial charge in [0.25, 0.3) is 5.91 Å². The first-order valence-corrected chi connectivity index (χ1v) is 6.92. The molecule has 1 aromatic carbocycles. The van der Waals surface area contributed by atoms with Crippen LogP contribution in [0.25, 0.3) is 0 Å². The highest BCUT2D eigenvalue weighted by Crippen LogP contribution is 2.32. The molecule has 1 fully saturated rings. The molecule has 1 aliphatic carbocycles. The fraction of sp³-hybridized carbons (Fsp3) is 0.462. The minimum absolute atomic E-state index is 0.103. The first-order valence-electron chi connectivity index (χ1n) is 6.01. The maximum atomic E-state index is 12.8. The molecular formula is C13H13BrF3NO. The molecule has 0 aliphatic heterocycles. The van der Waals surface area contributed by atoms with Crippen molar-refractivity contribution in [3.05, 3.63) is 35.4 Å². The highest BCUT2D eigenvalue weighted by atomic mass is 79.9. The summed E-state index contributed by atoms with van der Waals surface area (Å²) in [6.45, 7) is 0. The van der Waals surface area contributed by atoms with Gasteiger partial charge in [-0.15, -0.1) is 0 Å². The van der Waals surface area contributed by atoms with Crippen molar-refractivity contribution in [2.75, 3.05) is 0 Å². The first-order chi connectivity index (χ1) is 8.89. The standard InChI is InChI=1S/C13H13BrF3NO/c14-10-6-3-7-11(10)18-12(19)8-4-1-2-5-9(8)13(15,16)17/h1-2,4-5,10-11H,3,6-7H2,(H,18,19). The van der Waals surface area contributed by atoms with Gasteiger partial charge in [0.2, 0.25) is 0 Å². The van der Waals surface area contributed by atoms with Crippen LogP contribution in [-0.2, 0) is 6.18 Å². The number of hydrogen-bond acceptors (Lipinski definition) is 1. The van der Waals surface area contributed by atoms with E-state index in [0.717, 1.165) is 25.3 Å². The Morgan fingerprint density at radius 3 is 2.53 bits per heavy atom. The van der Waals surface area contributed by atoms with Gasteiger partial charge in [0.15, 0.2) is 0 Å². The van der Waals surface area contributed by atoms with Gasteiger partial charge in [-0.05, 0) is 25.0 Å². The highest BCUT2D eigenvalue weighted by Gasteiger charge is 2.35. The minimum Gasteiger partial charge on any atom is -0.348 e. The summed E-state index contributed by atoms with van der Waals surface area (Å²) in [4.78, 5) is 12.1. The van der Waals surface area contributed by atoms with Crippen LogP contribution < -0.4 is 5.32 Å². The number of amides is 1. The lowest BCUT2D eigenvalue weighted by molar-refractivity contribution is -0.137. The second-order valence-electron chi connectivity index (χ2n) is 4.57. The molecule has 2 nitrogen and oxygen atoms in total. The summed E-state index contributed by atoms with van der Waals surface area (Å²) in [7, 11) is 0. The van der Waals surface area contributed by atoms with Gasteiger partial charge in [0, 0.05) is 10.9 Å². The van der Waals surface area contributed by atoms with Crippen molar-refractivity contribution in [1.82, 2.24) is 5.32 Å². The van der Waals surface area contributed by atoms with Gasteiger partial charge < -0.3 is 5.32 Å². The minimum atomic E-state index is -4.52. The van der Waals surface area contributed by atoms with Crippen molar-refractivity contribution in [2.24, 2.45) is 0 Å². The second kappa shape index (κ2) is 5.53. The van der Waals surface area contributed by atoms with Gasteiger partial charge in [-0.25, -0.2) is 0 Å². The van der Waals surface area contributed by atoms with E-state index in [9.17, 15) is 18.0 Å². The number of alkyl halides is 4. The molecule has 1 N–H and O–H groups in total. The Morgan fingerprint density at radius 2 is 1.95 bits per heavy atom. The molecular weight excluding hydrogens is 323 g/mol. The molecule has 0 spiro atoms. The predicted molar refractivity (Wildman–Crippen MR) is 69.3 cm³/mol. The molecule has 6 heteroatoms. The van der Waals surface area contributed by atoms with Crippen molar-refractivity contribution in [1.29, 1.82) is 0 Å². The summed E-state index contributed by atoms with van der Waals surface area (Å²) in [5, 5.41) is 2.67. The Labute approximate surface area is 117 Å². The zero-order valence-corrected chi connectivity index (χ0v) is 11.6. The summed E-state index contributed by atoms with van der Waals surface area (Å²) in [5.74, 6) is -0.663. The molecule has 1 saturated carbocycles. The summed E-state index contributed by atoms with van der Waals surface area (Å²) in [6, 6.07) is 4.74. The van der Waals surface area contributed by atoms with E-state index in [1.807, 2.05) is 0 Å². The predicted octanol–water partition coefficient (Wildman–Crippen LogP) is 3.75. The van der Waals surface area contributed by atoms with E-state index in [1.54, 1.807) is 0 Å². The zero-order valence-electron chi connectivity index (χ0n) is 10.0. The van der Waals surface area contributed by atoms with Crippen LogP contribution >= 0.6 is 15.9 Å². The van der Waals surface area contributed by atoms with E-state index in [2.05, 4.69) is 21.2 Å². The van der Waals surface area contributed by atoms with Crippen molar-refractivity contribution < 1.29 is 18.0 Å². The topological polar surface area (TPSA) is 29.1 Å². The Morgan fingerprint density at radius 1 is 1.26 bits per heavy atom. The average Bonchev–Trinajstić information content (AvgIpc) is 2.74. The van der Waals surface area contributed by atoms with E-state index in [1.165, 1.54) is 18.2 Å². The second-order valence-corrected chi connectivity index (χ2v) is 5.75. The lowest BCUT2D eigenvalue weighted by Gasteiger charge is -2.18. The maximum Gasteiger partial charge on any atom is 0.417 e. The molecule has 2 unspecified atom stereocenters. The molecule has 2 atom stereocenters. The van der Waals surface area contributed by atoms with Crippen LogP contribution in [0.5, 0.6) is 0 Å². The van der Waals surface area contributed by atoms with Crippen LogP contribution in [-0.4, -0.2) is 16.8 Å². The summed E-state index contributed by atoms with van der Waals surface area (Å²) >= 11 is 3.43. The maximum absolute atomic E-state index is 12.8. The molecule has 0 bridgehead atoms. The molecule has 0 heterocycles. The third kappa shape index (κ3) is 3.29. The zero-order chi connectivity index (χ0) is 14.0. The van der Waals surface area contributed by atoms with Crippen LogP contribution in [0.2, 0.25) is 0 Å². The van der Waals surface area contributed by atoms with Crippen LogP contribution in [0.4, 0.5) is 13.2 Å². The molecule has 1 aliphatic rings. The number of halogens is 4. The summed E-state index contributed by atoms with van der Waals surface area (Å²) in [5.41, 5.74) is -1.21. The lowest BCUT2D eigenvalue weighted by Crippen LogP contribution is -2.38. The normalized spacial score (nSPS) is 23.4. The van der Waals surface area contributed by atoms with Gasteiger partial charge in [0.1, 0.15) is 0 Å². The number of carbonyl (C=O) groups excluding carboxylic acids is 1. The van der Waals surface area contributed by atoms with Gasteiger partial charge in [-0.2, -0.15) is 13.2 Å². The molecule has 104 valence electrons. The molecule has 0 radical (unpaired) electrons. The Balaban J connectivity index is 2.20. The quantitative estimate of drug-likeness (QED) is 0.819. The summed E-state index contributed by atoms with van der Waals surface area (Å²) < 4.78 is 38.4. The van der Waals surface area contributed by atoms with Crippen LogP contribution in [0.1, 0.15) is 35.2 Å². The monoisotopic (exact) mass is 335 g/mol. The fourth-order valence-corrected chi connectivity index (χ4v) is 2.97. The Hall–Kier alpha value is -1.04. The molecule has 1 amide bonds. The average molecular weight is 336 g/mol. The van der Waals surface area contributed by atoms with E-state index in [0.29, 0.717) is 0 Å². The van der Waals surface area contributed by atoms with Gasteiger partial charge in [-0.1, -0.05) is 34.5 Å². The van der Waals surface area contributed by atoms with Crippen molar-refractivity contribution in [3.8, 4) is 0 Å². The third-order valence-electron chi connectivity index (χ3n) is 3.23. The highest BCUT2D eigenvalue weighted by molar-refractivity contribution is 9.09. The fourth-order valence-electron chi connectivity index (χ4n) is 2.25. The SMILES string of the molecule is O=C(NC1CCCC1Br)c1ccccc1C(F)(F)F. The smallest absolute Gasteiger partial charge is 0.348 e. The number of carbonyl (C=O) groups is 1. The van der Waals surface area contributed by atoms with Crippen LogP contribution in [0.3, 0.4) is 0 Å². The largest absolute Gasteiger partial charge is 0.417 e. The van der Waals surface area contributed by atoms with Crippen molar-refractivity contribution in [2.45, 2.75) is 36.3 Å². The van der Waals surface area contributed by atoms with Gasteiger partial charge in [0.05, 0.1) is 11.1 Å². The van der Waals surface area contributed by atoms with E-state index >= 15 is 0 Å². The van der Waals surface area contributed by atoms with Gasteiger partial charge in [-0.3, -0.25) is 4.79 Å². The Kier molecular flexibility index (Phi) is 4.18. The molecule has 0 saturated heterocycles. The van der Waals surface area contributed by atoms with Gasteiger partial charge >= 0.3 is 6.18 Å². The first kappa shape index (κ1) is 14.4. The molecule has 1 aromatic rings. The number of benzene rings is 1. The lowest BCUT2D eigenvalue weighted by atomic mass is 10.1. The molecule has 2 rings (SSSR count). The number of hydrogen-bond donors (Lipinski definition) is 1. The third-order valence-corrected chi connectivity index (χ3v) is 4.32. The van der Waals surface area contributed by atoms with Crippen LogP contribution in [0.15, 0.2) is 24.3 Å². The van der Waals surface area contributed by atoms with E-state index < -0.39 is 17.6 Å². The summed E-state index contributed by atoms with van der Waals surface area (Å²) in [6.07, 6.45) is -1.85. The van der Waals surface area contributed by atoms with E-state index in [4.69, 9.17) is 0 Å². The Bertz CT molecular complexity index is 475. The number of rotatable bonds is 2. The van der Waals surface area contributed by atoms with Crippen molar-refractivity contribution >= 4 is 21.8 Å². The van der Waals surface area contributed by atoms with Crippen molar-refractivity contribution in [3.63, 3.8) is 0 Å². The van der Waals surface area contributed by atoms with Crippen LogP contribution in [0, 0.1) is 0 Å². The molecule has 19 heavy (non-hydrogen) atoms. The molecule has 0 aromatic heterocycles. The van der Waals surface area contributed by atoms with E-state index in [-0.39, 0.29) is 16.4 Å².